The van der Waals surface area contributed by atoms with Gasteiger partial charge in [0.2, 0.25) is 0 Å². The molecule has 7 nitrogen and oxygen atoms in total. The van der Waals surface area contributed by atoms with Crippen molar-refractivity contribution in [2.45, 2.75) is 25.7 Å². The number of pyridine rings is 1. The minimum Gasteiger partial charge on any atom is -0.338 e. The second kappa shape index (κ2) is 7.03. The molecule has 1 atom stereocenters. The molecule has 0 unspecified atom stereocenters. The van der Waals surface area contributed by atoms with Gasteiger partial charge in [-0.1, -0.05) is 0 Å². The lowest BCUT2D eigenvalue weighted by Crippen LogP contribution is -2.39. The van der Waals surface area contributed by atoms with Crippen molar-refractivity contribution < 1.29 is 4.79 Å². The van der Waals surface area contributed by atoms with Crippen LogP contribution in [0.2, 0.25) is 0 Å². The summed E-state index contributed by atoms with van der Waals surface area (Å²) in [5.41, 5.74) is 1.61. The van der Waals surface area contributed by atoms with Gasteiger partial charge in [-0.05, 0) is 44.0 Å². The molecule has 3 aromatic rings. The topological polar surface area (TPSA) is 76.8 Å². The second-order valence-corrected chi connectivity index (χ2v) is 6.47. The molecule has 0 N–H and O–H groups in total. The van der Waals surface area contributed by atoms with Gasteiger partial charge >= 0.3 is 0 Å². The van der Waals surface area contributed by atoms with Crippen molar-refractivity contribution >= 4 is 5.91 Å². The Morgan fingerprint density at radius 2 is 2.12 bits per heavy atom. The van der Waals surface area contributed by atoms with E-state index in [2.05, 4.69) is 20.1 Å². The SMILES string of the molecule is Cc1nccc([C@@H]2CCCN(C(=O)c3ccc(-n4cccn4)nc3)C2)n1. The number of carbonyl (C=O) groups is 1. The van der Waals surface area contributed by atoms with Crippen LogP contribution in [0.15, 0.2) is 49.1 Å². The highest BCUT2D eigenvalue weighted by Gasteiger charge is 2.26. The maximum absolute atomic E-state index is 12.9. The van der Waals surface area contributed by atoms with Gasteiger partial charge in [-0.15, -0.1) is 0 Å². The van der Waals surface area contributed by atoms with Gasteiger partial charge in [0, 0.05) is 49.5 Å². The van der Waals surface area contributed by atoms with E-state index in [4.69, 9.17) is 0 Å². The molecule has 1 amide bonds. The van der Waals surface area contributed by atoms with Crippen molar-refractivity contribution in [3.8, 4) is 5.82 Å². The summed E-state index contributed by atoms with van der Waals surface area (Å²) >= 11 is 0. The summed E-state index contributed by atoms with van der Waals surface area (Å²) < 4.78 is 1.67. The van der Waals surface area contributed by atoms with Gasteiger partial charge in [0.25, 0.3) is 5.91 Å². The van der Waals surface area contributed by atoms with Gasteiger partial charge in [-0.25, -0.2) is 19.6 Å². The number of piperidine rings is 1. The zero-order chi connectivity index (χ0) is 17.9. The summed E-state index contributed by atoms with van der Waals surface area (Å²) in [5, 5.41) is 4.15. The number of aryl methyl sites for hydroxylation is 1. The van der Waals surface area contributed by atoms with E-state index < -0.39 is 0 Å². The molecule has 0 aliphatic carbocycles. The van der Waals surface area contributed by atoms with Crippen LogP contribution in [-0.4, -0.2) is 48.6 Å². The molecule has 4 rings (SSSR count). The highest BCUT2D eigenvalue weighted by Crippen LogP contribution is 2.26. The maximum Gasteiger partial charge on any atom is 0.255 e. The van der Waals surface area contributed by atoms with Gasteiger partial charge in [-0.3, -0.25) is 4.79 Å². The Bertz CT molecular complexity index is 891. The van der Waals surface area contributed by atoms with E-state index >= 15 is 0 Å². The summed E-state index contributed by atoms with van der Waals surface area (Å²) in [5.74, 6) is 1.73. The molecule has 4 heterocycles. The molecular formula is C19H20N6O. The lowest BCUT2D eigenvalue weighted by molar-refractivity contribution is 0.0705. The molecule has 3 aromatic heterocycles. The molecular weight excluding hydrogens is 328 g/mol. The van der Waals surface area contributed by atoms with Crippen LogP contribution in [0, 0.1) is 6.92 Å². The highest BCUT2D eigenvalue weighted by atomic mass is 16.2. The molecule has 0 aromatic carbocycles. The Labute approximate surface area is 151 Å². The fourth-order valence-corrected chi connectivity index (χ4v) is 3.34. The van der Waals surface area contributed by atoms with E-state index in [9.17, 15) is 4.79 Å². The van der Waals surface area contributed by atoms with Gasteiger partial charge in [0.15, 0.2) is 5.82 Å². The van der Waals surface area contributed by atoms with Crippen LogP contribution >= 0.6 is 0 Å². The first-order valence-corrected chi connectivity index (χ1v) is 8.75. The molecule has 1 aliphatic heterocycles. The zero-order valence-electron chi connectivity index (χ0n) is 14.6. The van der Waals surface area contributed by atoms with Crippen LogP contribution in [-0.2, 0) is 0 Å². The summed E-state index contributed by atoms with van der Waals surface area (Å²) in [6.07, 6.45) is 8.94. The number of carbonyl (C=O) groups excluding carboxylic acids is 1. The summed E-state index contributed by atoms with van der Waals surface area (Å²) in [6.45, 7) is 3.33. The fraction of sp³-hybridized carbons (Fsp3) is 0.316. The summed E-state index contributed by atoms with van der Waals surface area (Å²) in [7, 11) is 0. The monoisotopic (exact) mass is 348 g/mol. The van der Waals surface area contributed by atoms with Crippen LogP contribution in [0.25, 0.3) is 5.82 Å². The molecule has 26 heavy (non-hydrogen) atoms. The Kier molecular flexibility index (Phi) is 4.43. The summed E-state index contributed by atoms with van der Waals surface area (Å²) in [6, 6.07) is 7.41. The van der Waals surface area contributed by atoms with E-state index in [0.717, 1.165) is 30.9 Å². The van der Waals surface area contributed by atoms with E-state index in [1.165, 1.54) is 0 Å². The molecule has 1 saturated heterocycles. The standard InChI is InChI=1S/C19H20N6O/c1-14-20-9-7-17(23-14)16-4-2-10-24(13-16)19(26)15-5-6-18(21-12-15)25-11-3-8-22-25/h3,5-9,11-12,16H,2,4,10,13H2,1H3/t16-/m1/s1. The normalized spacial score (nSPS) is 17.3. The minimum absolute atomic E-state index is 0.0139. The Morgan fingerprint density at radius 1 is 1.19 bits per heavy atom. The molecule has 0 bridgehead atoms. The van der Waals surface area contributed by atoms with Crippen LogP contribution in [0.4, 0.5) is 0 Å². The predicted octanol–water partition coefficient (Wildman–Crippen LogP) is 2.39. The first-order chi connectivity index (χ1) is 12.7. The third-order valence-corrected chi connectivity index (χ3v) is 4.66. The van der Waals surface area contributed by atoms with Crippen molar-refractivity contribution in [1.82, 2.24) is 29.6 Å². The number of amides is 1. The number of nitrogens with zero attached hydrogens (tertiary/aromatic N) is 6. The molecule has 1 aliphatic rings. The molecule has 7 heteroatoms. The van der Waals surface area contributed by atoms with Gasteiger partial charge < -0.3 is 4.90 Å². The Morgan fingerprint density at radius 3 is 2.85 bits per heavy atom. The largest absolute Gasteiger partial charge is 0.338 e. The average Bonchev–Trinajstić information content (AvgIpc) is 3.22. The minimum atomic E-state index is 0.0139. The van der Waals surface area contributed by atoms with Crippen LogP contribution in [0.1, 0.15) is 40.6 Å². The lowest BCUT2D eigenvalue weighted by Gasteiger charge is -2.32. The van der Waals surface area contributed by atoms with E-state index in [0.29, 0.717) is 17.9 Å². The Balaban J connectivity index is 1.49. The first kappa shape index (κ1) is 16.4. The number of hydrogen-bond donors (Lipinski definition) is 0. The highest BCUT2D eigenvalue weighted by molar-refractivity contribution is 5.94. The molecule has 0 spiro atoms. The number of hydrogen-bond acceptors (Lipinski definition) is 5. The average molecular weight is 348 g/mol. The lowest BCUT2D eigenvalue weighted by atomic mass is 9.94. The molecule has 0 saturated carbocycles. The molecule has 0 radical (unpaired) electrons. The third kappa shape index (κ3) is 3.33. The van der Waals surface area contributed by atoms with Crippen molar-refractivity contribution in [2.24, 2.45) is 0 Å². The summed E-state index contributed by atoms with van der Waals surface area (Å²) in [4.78, 5) is 27.8. The predicted molar refractivity (Wildman–Crippen MR) is 96.0 cm³/mol. The van der Waals surface area contributed by atoms with E-state index in [-0.39, 0.29) is 11.8 Å². The maximum atomic E-state index is 12.9. The van der Waals surface area contributed by atoms with Crippen LogP contribution in [0.5, 0.6) is 0 Å². The first-order valence-electron chi connectivity index (χ1n) is 8.75. The van der Waals surface area contributed by atoms with Crippen molar-refractivity contribution in [1.29, 1.82) is 0 Å². The second-order valence-electron chi connectivity index (χ2n) is 6.47. The molecule has 132 valence electrons. The number of likely N-dealkylation sites (tertiary alicyclic amines) is 1. The van der Waals surface area contributed by atoms with Gasteiger partial charge in [0.1, 0.15) is 5.82 Å². The van der Waals surface area contributed by atoms with E-state index in [1.807, 2.05) is 42.3 Å². The van der Waals surface area contributed by atoms with Crippen molar-refractivity contribution in [3.05, 3.63) is 66.1 Å². The smallest absolute Gasteiger partial charge is 0.255 e. The van der Waals surface area contributed by atoms with Crippen LogP contribution in [0.3, 0.4) is 0 Å². The van der Waals surface area contributed by atoms with Crippen LogP contribution < -0.4 is 0 Å². The van der Waals surface area contributed by atoms with E-state index in [1.54, 1.807) is 23.3 Å². The van der Waals surface area contributed by atoms with Gasteiger partial charge in [0.05, 0.1) is 5.56 Å². The quantitative estimate of drug-likeness (QED) is 0.726. The van der Waals surface area contributed by atoms with Gasteiger partial charge in [-0.2, -0.15) is 5.10 Å². The molecule has 1 fully saturated rings. The third-order valence-electron chi connectivity index (χ3n) is 4.66. The number of aromatic nitrogens is 5. The zero-order valence-corrected chi connectivity index (χ0v) is 14.6. The van der Waals surface area contributed by atoms with Crippen molar-refractivity contribution in [3.63, 3.8) is 0 Å². The fourth-order valence-electron chi connectivity index (χ4n) is 3.34. The Hall–Kier alpha value is -3.09. The number of rotatable bonds is 3. The van der Waals surface area contributed by atoms with Crippen molar-refractivity contribution in [2.75, 3.05) is 13.1 Å².